The quantitative estimate of drug-likeness (QED) is 0.162. The van der Waals surface area contributed by atoms with Gasteiger partial charge in [0, 0.05) is 22.1 Å². The van der Waals surface area contributed by atoms with Crippen molar-refractivity contribution >= 4 is 0 Å². The molecule has 3 nitrogen and oxygen atoms in total. The average molecular weight is 770 g/mol. The summed E-state index contributed by atoms with van der Waals surface area (Å²) in [6, 6.07) is 71.8. The first-order valence-electron chi connectivity index (χ1n) is 21.2. The molecule has 0 bridgehead atoms. The Labute approximate surface area is 352 Å². The minimum atomic E-state index is 0.144. The van der Waals surface area contributed by atoms with E-state index < -0.39 is 0 Å². The molecule has 1 aromatic heterocycles. The van der Waals surface area contributed by atoms with Crippen LogP contribution in [0.15, 0.2) is 200 Å². The second kappa shape index (κ2) is 15.2. The van der Waals surface area contributed by atoms with E-state index in [0.717, 1.165) is 44.5 Å². The third-order valence-electron chi connectivity index (χ3n) is 12.8. The predicted octanol–water partition coefficient (Wildman–Crippen LogP) is 14.8. The van der Waals surface area contributed by atoms with Gasteiger partial charge in [-0.25, -0.2) is 15.0 Å². The third-order valence-corrected chi connectivity index (χ3v) is 12.8. The fourth-order valence-electron chi connectivity index (χ4n) is 9.70. The SMILES string of the molecule is c1ccc(-c2ccc(-c3nc(-c4cccc(-c5ccccc5)c4)nc(-c4cccc(-c5ccc(-c6ccc7c(c6)C6(CCCCC6)c6ccccc6-7)cc5)c4)n3)cc2)cc1. The van der Waals surface area contributed by atoms with E-state index in [4.69, 9.17) is 15.0 Å². The van der Waals surface area contributed by atoms with Crippen LogP contribution < -0.4 is 0 Å². The second-order valence-corrected chi connectivity index (χ2v) is 16.3. The van der Waals surface area contributed by atoms with Gasteiger partial charge in [-0.05, 0) is 97.8 Å². The smallest absolute Gasteiger partial charge is 0.164 e. The molecular weight excluding hydrogens is 727 g/mol. The standard InChI is InChI=1S/C57H43N3/c1-4-14-39(15-5-1)41-28-30-44(31-29-41)54-58-55(48-20-12-18-45(36-48)40-16-6-2-7-17-40)60-56(59-54)49-21-13-19-46(37-49)42-24-26-43(27-25-42)47-32-33-51-50-22-8-9-23-52(50)57(53(51)38-47)34-10-3-11-35-57/h1-2,4-9,12-33,36-38H,3,10-11,34-35H2. The first kappa shape index (κ1) is 35.9. The molecule has 2 aliphatic carbocycles. The van der Waals surface area contributed by atoms with Crippen molar-refractivity contribution in [3.8, 4) is 89.8 Å². The van der Waals surface area contributed by atoms with Crippen LogP contribution in [0, 0.1) is 0 Å². The van der Waals surface area contributed by atoms with Gasteiger partial charge in [0.25, 0.3) is 0 Å². The predicted molar refractivity (Wildman–Crippen MR) is 247 cm³/mol. The maximum atomic E-state index is 5.15. The van der Waals surface area contributed by atoms with Gasteiger partial charge in [0.15, 0.2) is 17.5 Å². The Kier molecular flexibility index (Phi) is 9.08. The van der Waals surface area contributed by atoms with Crippen molar-refractivity contribution in [2.45, 2.75) is 37.5 Å². The molecule has 1 saturated carbocycles. The highest BCUT2D eigenvalue weighted by Crippen LogP contribution is 2.56. The van der Waals surface area contributed by atoms with Gasteiger partial charge >= 0.3 is 0 Å². The summed E-state index contributed by atoms with van der Waals surface area (Å²) in [6.45, 7) is 0. The number of benzene rings is 8. The Morgan fingerprint density at radius 3 is 1.23 bits per heavy atom. The zero-order valence-electron chi connectivity index (χ0n) is 33.4. The van der Waals surface area contributed by atoms with Crippen LogP contribution >= 0.6 is 0 Å². The monoisotopic (exact) mass is 769 g/mol. The van der Waals surface area contributed by atoms with Crippen molar-refractivity contribution in [3.05, 3.63) is 211 Å². The summed E-state index contributed by atoms with van der Waals surface area (Å²) in [5.41, 5.74) is 18.3. The lowest BCUT2D eigenvalue weighted by Gasteiger charge is -2.36. The summed E-state index contributed by atoms with van der Waals surface area (Å²) in [7, 11) is 0. The summed E-state index contributed by atoms with van der Waals surface area (Å²) >= 11 is 0. The fraction of sp³-hybridized carbons (Fsp3) is 0.105. The minimum absolute atomic E-state index is 0.144. The molecule has 0 aliphatic heterocycles. The summed E-state index contributed by atoms with van der Waals surface area (Å²) in [5.74, 6) is 1.92. The molecule has 0 amide bonds. The Balaban J connectivity index is 0.942. The van der Waals surface area contributed by atoms with Crippen molar-refractivity contribution in [3.63, 3.8) is 0 Å². The summed E-state index contributed by atoms with van der Waals surface area (Å²) in [5, 5.41) is 0. The van der Waals surface area contributed by atoms with E-state index in [2.05, 4.69) is 188 Å². The number of hydrogen-bond acceptors (Lipinski definition) is 3. The lowest BCUT2D eigenvalue weighted by Crippen LogP contribution is -2.28. The number of aromatic nitrogens is 3. The van der Waals surface area contributed by atoms with Crippen LogP contribution in [0.1, 0.15) is 43.2 Å². The number of rotatable bonds is 7. The minimum Gasteiger partial charge on any atom is -0.208 e. The van der Waals surface area contributed by atoms with Gasteiger partial charge in [-0.3, -0.25) is 0 Å². The highest BCUT2D eigenvalue weighted by atomic mass is 15.0. The number of fused-ring (bicyclic) bond motifs is 5. The molecule has 0 saturated heterocycles. The molecule has 286 valence electrons. The van der Waals surface area contributed by atoms with Gasteiger partial charge in [0.05, 0.1) is 0 Å². The van der Waals surface area contributed by atoms with Crippen LogP contribution in [-0.4, -0.2) is 15.0 Å². The maximum Gasteiger partial charge on any atom is 0.164 e. The number of hydrogen-bond donors (Lipinski definition) is 0. The summed E-state index contributed by atoms with van der Waals surface area (Å²) < 4.78 is 0. The van der Waals surface area contributed by atoms with Crippen molar-refractivity contribution in [2.75, 3.05) is 0 Å². The molecule has 0 atom stereocenters. The lowest BCUT2D eigenvalue weighted by molar-refractivity contribution is 0.353. The van der Waals surface area contributed by atoms with Crippen LogP contribution in [-0.2, 0) is 5.41 Å². The Bertz CT molecular complexity index is 2980. The Hall–Kier alpha value is -7.23. The highest BCUT2D eigenvalue weighted by molar-refractivity contribution is 5.85. The topological polar surface area (TPSA) is 38.7 Å². The largest absolute Gasteiger partial charge is 0.208 e. The zero-order chi connectivity index (χ0) is 39.9. The van der Waals surface area contributed by atoms with Crippen molar-refractivity contribution in [1.29, 1.82) is 0 Å². The first-order valence-corrected chi connectivity index (χ1v) is 21.2. The van der Waals surface area contributed by atoms with Crippen LogP contribution in [0.25, 0.3) is 89.8 Å². The van der Waals surface area contributed by atoms with E-state index in [1.807, 2.05) is 12.1 Å². The van der Waals surface area contributed by atoms with E-state index in [-0.39, 0.29) is 5.41 Å². The molecule has 0 N–H and O–H groups in total. The van der Waals surface area contributed by atoms with Crippen LogP contribution in [0.5, 0.6) is 0 Å². The summed E-state index contributed by atoms with van der Waals surface area (Å²) in [6.07, 6.45) is 6.40. The van der Waals surface area contributed by atoms with E-state index in [9.17, 15) is 0 Å². The third kappa shape index (κ3) is 6.53. The van der Waals surface area contributed by atoms with Gasteiger partial charge in [-0.2, -0.15) is 0 Å². The van der Waals surface area contributed by atoms with E-state index in [1.165, 1.54) is 71.0 Å². The molecule has 60 heavy (non-hydrogen) atoms. The Morgan fingerprint density at radius 1 is 0.267 bits per heavy atom. The molecule has 3 heteroatoms. The van der Waals surface area contributed by atoms with Crippen molar-refractivity contribution < 1.29 is 0 Å². The van der Waals surface area contributed by atoms with Gasteiger partial charge in [-0.1, -0.05) is 201 Å². The van der Waals surface area contributed by atoms with Gasteiger partial charge < -0.3 is 0 Å². The van der Waals surface area contributed by atoms with Crippen molar-refractivity contribution in [1.82, 2.24) is 15.0 Å². The molecule has 8 aromatic carbocycles. The van der Waals surface area contributed by atoms with Gasteiger partial charge in [0.2, 0.25) is 0 Å². The maximum absolute atomic E-state index is 5.15. The van der Waals surface area contributed by atoms with Crippen molar-refractivity contribution in [2.24, 2.45) is 0 Å². The molecule has 11 rings (SSSR count). The number of nitrogens with zero attached hydrogens (tertiary/aromatic N) is 3. The molecule has 2 aliphatic rings. The molecular formula is C57H43N3. The van der Waals surface area contributed by atoms with Crippen LogP contribution in [0.3, 0.4) is 0 Å². The highest BCUT2D eigenvalue weighted by Gasteiger charge is 2.43. The average Bonchev–Trinajstić information content (AvgIpc) is 3.60. The Morgan fingerprint density at radius 2 is 0.650 bits per heavy atom. The first-order chi connectivity index (χ1) is 29.7. The van der Waals surface area contributed by atoms with E-state index in [1.54, 1.807) is 0 Å². The second-order valence-electron chi connectivity index (χ2n) is 16.3. The summed E-state index contributed by atoms with van der Waals surface area (Å²) in [4.78, 5) is 15.4. The van der Waals surface area contributed by atoms with Gasteiger partial charge in [-0.15, -0.1) is 0 Å². The molecule has 1 heterocycles. The zero-order valence-corrected chi connectivity index (χ0v) is 33.4. The van der Waals surface area contributed by atoms with E-state index in [0.29, 0.717) is 17.5 Å². The lowest BCUT2D eigenvalue weighted by atomic mass is 9.67. The van der Waals surface area contributed by atoms with E-state index >= 15 is 0 Å². The molecule has 0 radical (unpaired) electrons. The molecule has 1 spiro atoms. The molecule has 9 aromatic rings. The van der Waals surface area contributed by atoms with Crippen LogP contribution in [0.2, 0.25) is 0 Å². The fourth-order valence-corrected chi connectivity index (χ4v) is 9.70. The van der Waals surface area contributed by atoms with Gasteiger partial charge in [0.1, 0.15) is 0 Å². The van der Waals surface area contributed by atoms with Crippen LogP contribution in [0.4, 0.5) is 0 Å². The normalized spacial score (nSPS) is 13.8. The molecule has 1 fully saturated rings. The molecule has 0 unspecified atom stereocenters.